The fourth-order valence-electron chi connectivity index (χ4n) is 1.88. The molecule has 0 aliphatic carbocycles. The Morgan fingerprint density at radius 2 is 1.90 bits per heavy atom. The molecule has 2 aromatic rings. The van der Waals surface area contributed by atoms with Crippen LogP contribution in [0.2, 0.25) is 5.15 Å². The predicted octanol–water partition coefficient (Wildman–Crippen LogP) is 2.94. The normalized spacial score (nSPS) is 10.4. The summed E-state index contributed by atoms with van der Waals surface area (Å²) in [6.45, 7) is 1.10. The van der Waals surface area contributed by atoms with E-state index in [9.17, 15) is 0 Å². The standard InChI is InChI=1S/C15H18ClN3O2/c1-20-10-15-18-13(16)9-14(19-15)17-8-7-11-3-5-12(21-2)6-4-11/h3-6,9H,7-8,10H2,1-2H3,(H,17,18,19). The number of hydrogen-bond donors (Lipinski definition) is 1. The second-order valence-corrected chi connectivity index (χ2v) is 4.84. The van der Waals surface area contributed by atoms with E-state index in [2.05, 4.69) is 15.3 Å². The van der Waals surface area contributed by atoms with Gasteiger partial charge in [-0.25, -0.2) is 9.97 Å². The number of hydrogen-bond acceptors (Lipinski definition) is 5. The zero-order valence-corrected chi connectivity index (χ0v) is 12.9. The topological polar surface area (TPSA) is 56.3 Å². The zero-order valence-electron chi connectivity index (χ0n) is 12.1. The first-order valence-electron chi connectivity index (χ1n) is 6.60. The Kier molecular flexibility index (Phi) is 5.78. The summed E-state index contributed by atoms with van der Waals surface area (Å²) in [5.74, 6) is 2.13. The second-order valence-electron chi connectivity index (χ2n) is 4.45. The molecule has 0 saturated carbocycles. The minimum absolute atomic E-state index is 0.341. The number of methoxy groups -OCH3 is 2. The van der Waals surface area contributed by atoms with Crippen molar-refractivity contribution in [2.24, 2.45) is 0 Å². The third-order valence-electron chi connectivity index (χ3n) is 2.89. The maximum Gasteiger partial charge on any atom is 0.158 e. The monoisotopic (exact) mass is 307 g/mol. The van der Waals surface area contributed by atoms with Gasteiger partial charge in [0.1, 0.15) is 23.3 Å². The van der Waals surface area contributed by atoms with E-state index in [1.807, 2.05) is 24.3 Å². The maximum absolute atomic E-state index is 5.95. The largest absolute Gasteiger partial charge is 0.497 e. The summed E-state index contributed by atoms with van der Waals surface area (Å²) in [5, 5.41) is 3.65. The van der Waals surface area contributed by atoms with Gasteiger partial charge in [-0.3, -0.25) is 0 Å². The quantitative estimate of drug-likeness (QED) is 0.797. The van der Waals surface area contributed by atoms with Crippen LogP contribution >= 0.6 is 11.6 Å². The molecular formula is C15H18ClN3O2. The lowest BCUT2D eigenvalue weighted by Gasteiger charge is -2.08. The highest BCUT2D eigenvalue weighted by Gasteiger charge is 2.03. The average Bonchev–Trinajstić information content (AvgIpc) is 2.48. The van der Waals surface area contributed by atoms with Gasteiger partial charge in [-0.15, -0.1) is 0 Å². The van der Waals surface area contributed by atoms with Gasteiger partial charge < -0.3 is 14.8 Å². The molecule has 1 aromatic carbocycles. The number of ether oxygens (including phenoxy) is 2. The van der Waals surface area contributed by atoms with E-state index in [0.717, 1.165) is 18.7 Å². The third kappa shape index (κ3) is 4.88. The van der Waals surface area contributed by atoms with Crippen molar-refractivity contribution in [2.75, 3.05) is 26.1 Å². The molecule has 5 nitrogen and oxygen atoms in total. The lowest BCUT2D eigenvalue weighted by molar-refractivity contribution is 0.178. The SMILES string of the molecule is COCc1nc(Cl)cc(NCCc2ccc(OC)cc2)n1. The van der Waals surface area contributed by atoms with E-state index in [1.54, 1.807) is 20.3 Å². The zero-order chi connectivity index (χ0) is 15.1. The Morgan fingerprint density at radius 1 is 1.14 bits per heavy atom. The summed E-state index contributed by atoms with van der Waals surface area (Å²) < 4.78 is 10.1. The number of aromatic nitrogens is 2. The van der Waals surface area contributed by atoms with E-state index < -0.39 is 0 Å². The molecule has 21 heavy (non-hydrogen) atoms. The molecule has 0 amide bonds. The summed E-state index contributed by atoms with van der Waals surface area (Å²) in [6, 6.07) is 9.70. The van der Waals surface area contributed by atoms with Crippen molar-refractivity contribution in [2.45, 2.75) is 13.0 Å². The van der Waals surface area contributed by atoms with E-state index in [0.29, 0.717) is 23.4 Å². The smallest absolute Gasteiger partial charge is 0.158 e. The van der Waals surface area contributed by atoms with Crippen LogP contribution in [-0.2, 0) is 17.8 Å². The molecule has 2 rings (SSSR count). The van der Waals surface area contributed by atoms with Crippen molar-refractivity contribution in [3.05, 3.63) is 46.9 Å². The summed E-state index contributed by atoms with van der Waals surface area (Å²) in [6.07, 6.45) is 0.880. The summed E-state index contributed by atoms with van der Waals surface area (Å²) >= 11 is 5.95. The molecule has 1 heterocycles. The number of halogens is 1. The van der Waals surface area contributed by atoms with Gasteiger partial charge in [-0.1, -0.05) is 23.7 Å². The lowest BCUT2D eigenvalue weighted by atomic mass is 10.1. The van der Waals surface area contributed by atoms with Crippen molar-refractivity contribution >= 4 is 17.4 Å². The van der Waals surface area contributed by atoms with Gasteiger partial charge in [0.15, 0.2) is 5.82 Å². The van der Waals surface area contributed by atoms with Gasteiger partial charge >= 0.3 is 0 Å². The predicted molar refractivity (Wildman–Crippen MR) is 82.9 cm³/mol. The van der Waals surface area contributed by atoms with E-state index in [4.69, 9.17) is 21.1 Å². The first kappa shape index (κ1) is 15.5. The number of anilines is 1. The molecule has 1 aromatic heterocycles. The van der Waals surface area contributed by atoms with E-state index in [1.165, 1.54) is 5.56 Å². The van der Waals surface area contributed by atoms with Crippen LogP contribution in [0.25, 0.3) is 0 Å². The first-order chi connectivity index (χ1) is 10.2. The van der Waals surface area contributed by atoms with Gasteiger partial charge in [0.05, 0.1) is 7.11 Å². The van der Waals surface area contributed by atoms with Crippen molar-refractivity contribution in [3.8, 4) is 5.75 Å². The molecule has 6 heteroatoms. The highest BCUT2D eigenvalue weighted by atomic mass is 35.5. The fraction of sp³-hybridized carbons (Fsp3) is 0.333. The van der Waals surface area contributed by atoms with Crippen LogP contribution in [0, 0.1) is 0 Å². The van der Waals surface area contributed by atoms with Crippen molar-refractivity contribution in [1.82, 2.24) is 9.97 Å². The highest BCUT2D eigenvalue weighted by Crippen LogP contribution is 2.14. The second kappa shape index (κ2) is 7.81. The van der Waals surface area contributed by atoms with Crippen LogP contribution < -0.4 is 10.1 Å². The van der Waals surface area contributed by atoms with Crippen LogP contribution in [0.4, 0.5) is 5.82 Å². The van der Waals surface area contributed by atoms with Crippen molar-refractivity contribution < 1.29 is 9.47 Å². The Hall–Kier alpha value is -1.85. The summed E-state index contributed by atoms with van der Waals surface area (Å²) in [7, 11) is 3.26. The molecule has 0 atom stereocenters. The van der Waals surface area contributed by atoms with Crippen LogP contribution in [0.1, 0.15) is 11.4 Å². The van der Waals surface area contributed by atoms with Crippen molar-refractivity contribution in [3.63, 3.8) is 0 Å². The van der Waals surface area contributed by atoms with Crippen LogP contribution in [0.3, 0.4) is 0 Å². The van der Waals surface area contributed by atoms with Gasteiger partial charge in [0.25, 0.3) is 0 Å². The Balaban J connectivity index is 1.90. The molecule has 1 N–H and O–H groups in total. The van der Waals surface area contributed by atoms with Gasteiger partial charge in [0, 0.05) is 19.7 Å². The Bertz CT molecular complexity index is 576. The number of benzene rings is 1. The summed E-state index contributed by atoms with van der Waals surface area (Å²) in [5.41, 5.74) is 1.22. The molecular weight excluding hydrogens is 290 g/mol. The first-order valence-corrected chi connectivity index (χ1v) is 6.98. The molecule has 0 spiro atoms. The molecule has 0 fully saturated rings. The van der Waals surface area contributed by atoms with Crippen LogP contribution in [-0.4, -0.2) is 30.7 Å². The highest BCUT2D eigenvalue weighted by molar-refractivity contribution is 6.29. The summed E-state index contributed by atoms with van der Waals surface area (Å²) in [4.78, 5) is 8.41. The van der Waals surface area contributed by atoms with Crippen LogP contribution in [0.5, 0.6) is 5.75 Å². The van der Waals surface area contributed by atoms with Gasteiger partial charge in [-0.05, 0) is 24.1 Å². The molecule has 0 bridgehead atoms. The Morgan fingerprint density at radius 3 is 2.57 bits per heavy atom. The van der Waals surface area contributed by atoms with E-state index >= 15 is 0 Å². The van der Waals surface area contributed by atoms with E-state index in [-0.39, 0.29) is 0 Å². The maximum atomic E-state index is 5.95. The number of nitrogens with zero attached hydrogens (tertiary/aromatic N) is 2. The third-order valence-corrected chi connectivity index (χ3v) is 3.09. The number of nitrogens with one attached hydrogen (secondary N) is 1. The van der Waals surface area contributed by atoms with Crippen molar-refractivity contribution in [1.29, 1.82) is 0 Å². The lowest BCUT2D eigenvalue weighted by Crippen LogP contribution is -2.08. The molecule has 0 unspecified atom stereocenters. The minimum Gasteiger partial charge on any atom is -0.497 e. The fourth-order valence-corrected chi connectivity index (χ4v) is 2.08. The Labute approximate surface area is 129 Å². The van der Waals surface area contributed by atoms with Gasteiger partial charge in [0.2, 0.25) is 0 Å². The average molecular weight is 308 g/mol. The van der Waals surface area contributed by atoms with Gasteiger partial charge in [-0.2, -0.15) is 0 Å². The molecule has 0 aliphatic rings. The van der Waals surface area contributed by atoms with Crippen LogP contribution in [0.15, 0.2) is 30.3 Å². The molecule has 0 radical (unpaired) electrons. The minimum atomic E-state index is 0.341. The molecule has 112 valence electrons. The number of rotatable bonds is 7. The molecule has 0 aliphatic heterocycles. The molecule has 0 saturated heterocycles.